The van der Waals surface area contributed by atoms with E-state index >= 15 is 0 Å². The summed E-state index contributed by atoms with van der Waals surface area (Å²) in [6, 6.07) is -0.811. The van der Waals surface area contributed by atoms with E-state index in [1.54, 1.807) is 6.08 Å². The van der Waals surface area contributed by atoms with Gasteiger partial charge >= 0.3 is 0 Å². The number of fused-ring (bicyclic) bond motifs is 4. The Balaban J connectivity index is 0.000000260. The molecule has 0 saturated carbocycles. The van der Waals surface area contributed by atoms with Crippen LogP contribution in [0, 0.1) is 35.7 Å². The van der Waals surface area contributed by atoms with Crippen LogP contribution in [0.3, 0.4) is 0 Å². The average Bonchev–Trinajstić information content (AvgIpc) is 3.62. The van der Waals surface area contributed by atoms with E-state index in [0.717, 1.165) is 59.3 Å². The van der Waals surface area contributed by atoms with E-state index in [1.165, 1.54) is 48.7 Å². The largest absolute Gasteiger partial charge is 0.769 e. The van der Waals surface area contributed by atoms with Gasteiger partial charge in [0.05, 0.1) is 0 Å². The minimum atomic E-state index is -2.09. The predicted octanol–water partition coefficient (Wildman–Crippen LogP) is 9.43. The van der Waals surface area contributed by atoms with Crippen molar-refractivity contribution in [1.29, 1.82) is 0 Å². The first-order chi connectivity index (χ1) is 21.7. The van der Waals surface area contributed by atoms with Crippen LogP contribution in [-0.4, -0.2) is 30.9 Å². The fourth-order valence-electron chi connectivity index (χ4n) is 6.72. The molecule has 2 aliphatic carbocycles. The first kappa shape index (κ1) is 26.1. The molecule has 0 aromatic carbocycles. The van der Waals surface area contributed by atoms with Gasteiger partial charge in [0, 0.05) is 38.9 Å². The van der Waals surface area contributed by atoms with Crippen molar-refractivity contribution in [2.45, 2.75) is 117 Å². The smallest absolute Gasteiger partial charge is 0.134 e. The fraction of sp³-hybridized carbons (Fsp3) is 0.639. The summed E-state index contributed by atoms with van der Waals surface area (Å²) in [6.07, 6.45) is 23.2. The Morgan fingerprint density at radius 3 is 2.86 bits per heavy atom. The van der Waals surface area contributed by atoms with Crippen LogP contribution in [0.2, 0.25) is 0 Å². The number of rotatable bonds is 3. The van der Waals surface area contributed by atoms with Gasteiger partial charge in [0.15, 0.2) is 0 Å². The Labute approximate surface area is 280 Å². The Kier molecular flexibility index (Phi) is 8.61. The summed E-state index contributed by atoms with van der Waals surface area (Å²) in [5.41, 5.74) is 3.27. The number of nitrogens with zero attached hydrogens (tertiary/aromatic N) is 2. The summed E-state index contributed by atoms with van der Waals surface area (Å²) in [6.45, 7) is 6.98. The van der Waals surface area contributed by atoms with E-state index in [-0.39, 0.29) is 50.3 Å². The topological polar surface area (TPSA) is 49.5 Å². The average molecular weight is 769 g/mol. The Morgan fingerprint density at radius 2 is 2.12 bits per heavy atom. The third-order valence-electron chi connectivity index (χ3n) is 8.76. The molecule has 6 heteroatoms. The maximum atomic E-state index is 8.64. The maximum absolute atomic E-state index is 8.64. The molecule has 7 atom stereocenters. The van der Waals surface area contributed by atoms with Gasteiger partial charge in [-0.2, -0.15) is 11.6 Å². The van der Waals surface area contributed by atoms with Crippen LogP contribution in [0.15, 0.2) is 62.8 Å². The summed E-state index contributed by atoms with van der Waals surface area (Å²) < 4.78 is 46.9. The van der Waals surface area contributed by atoms with Crippen molar-refractivity contribution in [2.24, 2.45) is 23.2 Å². The number of thioether (sulfide) groups is 1. The third kappa shape index (κ3) is 7.54. The van der Waals surface area contributed by atoms with E-state index in [4.69, 9.17) is 16.9 Å². The molecule has 4 nitrogen and oxygen atoms in total. The molecular weight excluding hydrogens is 715 g/mol. The molecule has 1 saturated heterocycles. The van der Waals surface area contributed by atoms with Crippen molar-refractivity contribution in [3.8, 4) is 0 Å². The van der Waals surface area contributed by atoms with Crippen molar-refractivity contribution < 1.29 is 31.7 Å². The van der Waals surface area contributed by atoms with E-state index in [2.05, 4.69) is 42.2 Å². The van der Waals surface area contributed by atoms with Crippen molar-refractivity contribution >= 4 is 11.8 Å². The predicted molar refractivity (Wildman–Crippen MR) is 173 cm³/mol. The Bertz CT molecular complexity index is 1360. The Hall–Kier alpha value is -1.17. The molecule has 0 aromatic rings. The zero-order valence-electron chi connectivity index (χ0n) is 30.4. The molecule has 0 bridgehead atoms. The maximum Gasteiger partial charge on any atom is 0.134 e. The molecule has 7 aliphatic rings. The first-order valence-electron chi connectivity index (χ1n) is 18.2. The number of ether oxygens (including phenoxy) is 1. The number of nitrogens with one attached hydrogen (secondary N) is 1. The SMILES string of the molecule is C[C@H]1CC=C(C2=[C-]CCCC2)[N-]C1.[2H]C([2H])([2H])[C@@H]1C=CC2C(N1)OC1=C([C@H]3CC=C4SC(C([2H])([2H])C(C)(C)C)=CC4[N-]3)[CH-]CC[C@H]12.[Ir]. The van der Waals surface area contributed by atoms with E-state index < -0.39 is 24.7 Å². The van der Waals surface area contributed by atoms with Gasteiger partial charge in [0.2, 0.25) is 0 Å². The molecule has 42 heavy (non-hydrogen) atoms. The molecule has 0 spiro atoms. The molecule has 1 radical (unpaired) electrons. The third-order valence-corrected chi connectivity index (χ3v) is 9.86. The van der Waals surface area contributed by atoms with Gasteiger partial charge in [0.25, 0.3) is 0 Å². The number of hydrogen-bond donors (Lipinski definition) is 1. The van der Waals surface area contributed by atoms with Gasteiger partial charge in [-0.25, -0.2) is 12.0 Å². The second-order valence-corrected chi connectivity index (χ2v) is 14.6. The Morgan fingerprint density at radius 1 is 1.24 bits per heavy atom. The van der Waals surface area contributed by atoms with E-state index in [1.807, 2.05) is 32.9 Å². The van der Waals surface area contributed by atoms with Gasteiger partial charge in [-0.3, -0.25) is 11.4 Å². The van der Waals surface area contributed by atoms with Crippen LogP contribution in [0.1, 0.15) is 99.1 Å². The summed E-state index contributed by atoms with van der Waals surface area (Å²) in [7, 11) is 0. The first-order valence-corrected chi connectivity index (χ1v) is 16.5. The molecule has 7 rings (SSSR count). The summed E-state index contributed by atoms with van der Waals surface area (Å²) in [5, 5.41) is 12.9. The summed E-state index contributed by atoms with van der Waals surface area (Å²) in [5.74, 6) is 2.10. The van der Waals surface area contributed by atoms with Gasteiger partial charge in [-0.1, -0.05) is 96.1 Å². The van der Waals surface area contributed by atoms with E-state index in [9.17, 15) is 0 Å². The van der Waals surface area contributed by atoms with Crippen LogP contribution < -0.4 is 5.32 Å². The second kappa shape index (κ2) is 13.9. The number of allylic oxidation sites excluding steroid dienone is 5. The van der Waals surface area contributed by atoms with Gasteiger partial charge in [-0.05, 0) is 46.5 Å². The van der Waals surface area contributed by atoms with Crippen LogP contribution in [0.4, 0.5) is 0 Å². The monoisotopic (exact) mass is 769 g/mol. The molecular formula is C36H49IrN3OS-4. The van der Waals surface area contributed by atoms with Gasteiger partial charge < -0.3 is 21.1 Å². The van der Waals surface area contributed by atoms with E-state index in [0.29, 0.717) is 0 Å². The minimum Gasteiger partial charge on any atom is -0.769 e. The normalized spacial score (nSPS) is 37.6. The van der Waals surface area contributed by atoms with Crippen LogP contribution in [0.5, 0.6) is 0 Å². The molecule has 1 N–H and O–H groups in total. The van der Waals surface area contributed by atoms with Gasteiger partial charge in [0.1, 0.15) is 6.23 Å². The zero-order chi connectivity index (χ0) is 32.9. The van der Waals surface area contributed by atoms with Gasteiger partial charge in [-0.15, -0.1) is 37.2 Å². The van der Waals surface area contributed by atoms with Crippen molar-refractivity contribution in [3.63, 3.8) is 0 Å². The zero-order valence-corrected chi connectivity index (χ0v) is 28.6. The fourth-order valence-corrected chi connectivity index (χ4v) is 7.95. The number of hydrogen-bond acceptors (Lipinski definition) is 3. The minimum absolute atomic E-state index is 0. The molecule has 1 fully saturated rings. The quantitative estimate of drug-likeness (QED) is 0.230. The molecule has 3 unspecified atom stereocenters. The van der Waals surface area contributed by atoms with Crippen molar-refractivity contribution in [3.05, 3.63) is 85.9 Å². The molecule has 0 amide bonds. The molecule has 5 heterocycles. The van der Waals surface area contributed by atoms with Crippen LogP contribution in [0.25, 0.3) is 10.6 Å². The van der Waals surface area contributed by atoms with Crippen molar-refractivity contribution in [1.82, 2.24) is 5.32 Å². The van der Waals surface area contributed by atoms with Crippen LogP contribution >= 0.6 is 11.8 Å². The molecule has 233 valence electrons. The second-order valence-electron chi connectivity index (χ2n) is 13.4. The standard InChI is InChI=1S/C24H32N2OS.C12H17N.Ir/c1-14-8-9-17-16-6-5-7-18(22(16)27-23(17)25-14)19-10-11-21-20(26-19)12-15(28-21)13-24(2,3)4;1-10-7-8-12(13-9-10)11-5-3-2-4-6-11;/h7-9,11-12,14,16-17,19-20,23,25H,5-6,10,13H2,1-4H3;8,10H,2-5,7,9H2,1H3;/q2*-2;/t14-,16+,17?,19-,20?,23?;10-;/m10./s1/i1D3,13D2;;. The molecule has 0 aromatic heterocycles. The summed E-state index contributed by atoms with van der Waals surface area (Å²) in [4.78, 5) is 1.88. The molecule has 5 aliphatic heterocycles. The van der Waals surface area contributed by atoms with Crippen LogP contribution in [-0.2, 0) is 24.8 Å². The van der Waals surface area contributed by atoms with Crippen molar-refractivity contribution in [2.75, 3.05) is 6.54 Å². The summed E-state index contributed by atoms with van der Waals surface area (Å²) >= 11 is 1.54.